The average molecular weight is 193 g/mol. The number of nitrogens with zero attached hydrogens (tertiary/aromatic N) is 1. The lowest BCUT2D eigenvalue weighted by atomic mass is 10.2. The predicted molar refractivity (Wildman–Crippen MR) is 60.1 cm³/mol. The Hall–Kier alpha value is -1.02. The predicted octanol–water partition coefficient (Wildman–Crippen LogP) is 2.35. The molecule has 1 aliphatic rings. The van der Waals surface area contributed by atoms with Gasteiger partial charge in [-0.25, -0.2) is 0 Å². The molecule has 2 heteroatoms. The molecule has 14 heavy (non-hydrogen) atoms. The summed E-state index contributed by atoms with van der Waals surface area (Å²) < 4.78 is 5.31. The molecule has 0 atom stereocenters. The van der Waals surface area contributed by atoms with E-state index in [0.29, 0.717) is 0 Å². The largest absolute Gasteiger partial charge is 0.378 e. The molecule has 1 rings (SSSR count). The van der Waals surface area contributed by atoms with Crippen LogP contribution in [0.5, 0.6) is 0 Å². The highest BCUT2D eigenvalue weighted by atomic mass is 16.5. The SMILES string of the molecule is C=C(C)C=CC(=CC)N1CCOCC1. The van der Waals surface area contributed by atoms with E-state index in [-0.39, 0.29) is 0 Å². The first-order valence-electron chi connectivity index (χ1n) is 5.06. The fourth-order valence-electron chi connectivity index (χ4n) is 1.43. The number of allylic oxidation sites excluding steroid dienone is 4. The van der Waals surface area contributed by atoms with Gasteiger partial charge < -0.3 is 9.64 Å². The van der Waals surface area contributed by atoms with Gasteiger partial charge in [-0.1, -0.05) is 24.3 Å². The van der Waals surface area contributed by atoms with E-state index >= 15 is 0 Å². The summed E-state index contributed by atoms with van der Waals surface area (Å²) in [5.74, 6) is 0. The molecule has 0 aromatic heterocycles. The summed E-state index contributed by atoms with van der Waals surface area (Å²) in [5, 5.41) is 0. The van der Waals surface area contributed by atoms with Gasteiger partial charge in [0.25, 0.3) is 0 Å². The van der Waals surface area contributed by atoms with Crippen LogP contribution >= 0.6 is 0 Å². The number of rotatable bonds is 3. The van der Waals surface area contributed by atoms with Crippen LogP contribution in [-0.4, -0.2) is 31.2 Å². The Kier molecular flexibility index (Phi) is 4.47. The van der Waals surface area contributed by atoms with Gasteiger partial charge in [0, 0.05) is 18.8 Å². The lowest BCUT2D eigenvalue weighted by Gasteiger charge is -2.29. The van der Waals surface area contributed by atoms with Gasteiger partial charge in [0.15, 0.2) is 0 Å². The van der Waals surface area contributed by atoms with Crippen LogP contribution in [0.4, 0.5) is 0 Å². The van der Waals surface area contributed by atoms with Crippen molar-refractivity contribution in [3.8, 4) is 0 Å². The summed E-state index contributed by atoms with van der Waals surface area (Å²) in [6, 6.07) is 0. The van der Waals surface area contributed by atoms with Gasteiger partial charge in [-0.2, -0.15) is 0 Å². The summed E-state index contributed by atoms with van der Waals surface area (Å²) in [5.41, 5.74) is 2.34. The molecule has 0 amide bonds. The minimum absolute atomic E-state index is 0.832. The van der Waals surface area contributed by atoms with Gasteiger partial charge in [0.1, 0.15) is 0 Å². The molecular weight excluding hydrogens is 174 g/mol. The first-order valence-corrected chi connectivity index (χ1v) is 5.06. The maximum atomic E-state index is 5.31. The van der Waals surface area contributed by atoms with Crippen LogP contribution in [-0.2, 0) is 4.74 Å². The van der Waals surface area contributed by atoms with E-state index in [4.69, 9.17) is 4.74 Å². The summed E-state index contributed by atoms with van der Waals surface area (Å²) in [6.45, 7) is 11.6. The molecule has 0 N–H and O–H groups in total. The maximum Gasteiger partial charge on any atom is 0.0642 e. The molecule has 0 aromatic carbocycles. The summed E-state index contributed by atoms with van der Waals surface area (Å²) in [6.07, 6.45) is 6.29. The van der Waals surface area contributed by atoms with Crippen molar-refractivity contribution in [2.24, 2.45) is 0 Å². The second-order valence-electron chi connectivity index (χ2n) is 3.49. The maximum absolute atomic E-state index is 5.31. The van der Waals surface area contributed by atoms with E-state index in [2.05, 4.69) is 30.6 Å². The van der Waals surface area contributed by atoms with Crippen molar-refractivity contribution in [1.82, 2.24) is 4.90 Å². The molecule has 0 aliphatic carbocycles. The van der Waals surface area contributed by atoms with Crippen LogP contribution in [0.3, 0.4) is 0 Å². The summed E-state index contributed by atoms with van der Waals surface area (Å²) in [4.78, 5) is 2.34. The Balaban J connectivity index is 2.57. The smallest absolute Gasteiger partial charge is 0.0642 e. The Labute approximate surface area is 86.6 Å². The van der Waals surface area contributed by atoms with Gasteiger partial charge in [-0.15, -0.1) is 0 Å². The number of hydrogen-bond acceptors (Lipinski definition) is 2. The molecule has 78 valence electrons. The van der Waals surface area contributed by atoms with Crippen molar-refractivity contribution < 1.29 is 4.74 Å². The number of hydrogen-bond donors (Lipinski definition) is 0. The van der Waals surface area contributed by atoms with Gasteiger partial charge >= 0.3 is 0 Å². The van der Waals surface area contributed by atoms with Crippen LogP contribution in [0.1, 0.15) is 13.8 Å². The van der Waals surface area contributed by atoms with E-state index in [1.807, 2.05) is 13.0 Å². The van der Waals surface area contributed by atoms with Crippen LogP contribution in [0.15, 0.2) is 36.1 Å². The van der Waals surface area contributed by atoms with Gasteiger partial charge in [0.05, 0.1) is 13.2 Å². The molecule has 0 unspecified atom stereocenters. The zero-order chi connectivity index (χ0) is 10.4. The fourth-order valence-corrected chi connectivity index (χ4v) is 1.43. The van der Waals surface area contributed by atoms with Crippen LogP contribution in [0.2, 0.25) is 0 Å². The lowest BCUT2D eigenvalue weighted by Crippen LogP contribution is -2.35. The van der Waals surface area contributed by atoms with Crippen molar-refractivity contribution in [3.63, 3.8) is 0 Å². The molecule has 0 spiro atoms. The third-order valence-corrected chi connectivity index (χ3v) is 2.21. The number of morpholine rings is 1. The standard InChI is InChI=1S/C12H19NO/c1-4-12(6-5-11(2)3)13-7-9-14-10-8-13/h4-6H,2,7-10H2,1,3H3. The third kappa shape index (κ3) is 3.38. The first kappa shape index (κ1) is 11.1. The number of ether oxygens (including phenoxy) is 1. The molecule has 2 nitrogen and oxygen atoms in total. The average Bonchev–Trinajstić information content (AvgIpc) is 2.20. The first-order chi connectivity index (χ1) is 6.74. The highest BCUT2D eigenvalue weighted by Gasteiger charge is 2.10. The molecule has 0 aromatic rings. The van der Waals surface area contributed by atoms with Gasteiger partial charge in [0.2, 0.25) is 0 Å². The highest BCUT2D eigenvalue weighted by molar-refractivity contribution is 5.24. The Morgan fingerprint density at radius 1 is 1.29 bits per heavy atom. The van der Waals surface area contributed by atoms with Crippen LogP contribution in [0.25, 0.3) is 0 Å². The van der Waals surface area contributed by atoms with Gasteiger partial charge in [-0.05, 0) is 19.9 Å². The second kappa shape index (κ2) is 5.66. The van der Waals surface area contributed by atoms with Crippen molar-refractivity contribution in [1.29, 1.82) is 0 Å². The third-order valence-electron chi connectivity index (χ3n) is 2.21. The molecule has 1 fully saturated rings. The molecule has 0 radical (unpaired) electrons. The minimum Gasteiger partial charge on any atom is -0.378 e. The van der Waals surface area contributed by atoms with Crippen molar-refractivity contribution >= 4 is 0 Å². The van der Waals surface area contributed by atoms with E-state index in [9.17, 15) is 0 Å². The van der Waals surface area contributed by atoms with Crippen molar-refractivity contribution in [2.75, 3.05) is 26.3 Å². The van der Waals surface area contributed by atoms with E-state index < -0.39 is 0 Å². The molecule has 1 aliphatic heterocycles. The van der Waals surface area contributed by atoms with Crippen LogP contribution < -0.4 is 0 Å². The highest BCUT2D eigenvalue weighted by Crippen LogP contribution is 2.09. The lowest BCUT2D eigenvalue weighted by molar-refractivity contribution is 0.0553. The molecule has 0 saturated carbocycles. The topological polar surface area (TPSA) is 12.5 Å². The second-order valence-corrected chi connectivity index (χ2v) is 3.49. The Bertz CT molecular complexity index is 247. The molecule has 1 heterocycles. The minimum atomic E-state index is 0.832. The van der Waals surface area contributed by atoms with Crippen molar-refractivity contribution in [2.45, 2.75) is 13.8 Å². The van der Waals surface area contributed by atoms with E-state index in [0.717, 1.165) is 31.9 Å². The van der Waals surface area contributed by atoms with E-state index in [1.165, 1.54) is 5.70 Å². The molecule has 1 saturated heterocycles. The zero-order valence-electron chi connectivity index (χ0n) is 9.12. The Morgan fingerprint density at radius 3 is 2.43 bits per heavy atom. The zero-order valence-corrected chi connectivity index (χ0v) is 9.12. The monoisotopic (exact) mass is 193 g/mol. The molecule has 0 bridgehead atoms. The van der Waals surface area contributed by atoms with Crippen molar-refractivity contribution in [3.05, 3.63) is 36.1 Å². The molecular formula is C12H19NO. The van der Waals surface area contributed by atoms with Gasteiger partial charge in [-0.3, -0.25) is 0 Å². The summed E-state index contributed by atoms with van der Waals surface area (Å²) in [7, 11) is 0. The van der Waals surface area contributed by atoms with E-state index in [1.54, 1.807) is 0 Å². The normalized spacial score (nSPS) is 19.0. The Morgan fingerprint density at radius 2 is 1.93 bits per heavy atom. The quantitative estimate of drug-likeness (QED) is 0.638. The summed E-state index contributed by atoms with van der Waals surface area (Å²) >= 11 is 0. The fraction of sp³-hybridized carbons (Fsp3) is 0.500. The van der Waals surface area contributed by atoms with Crippen LogP contribution in [0, 0.1) is 0 Å².